The number of hydrogen-bond donors (Lipinski definition) is 2. The molecule has 5 unspecified atom stereocenters. The van der Waals surface area contributed by atoms with Gasteiger partial charge in [0.25, 0.3) is 0 Å². The van der Waals surface area contributed by atoms with Crippen molar-refractivity contribution in [1.82, 2.24) is 10.6 Å². The largest absolute Gasteiger partial charge is 0.463 e. The first-order chi connectivity index (χ1) is 19.5. The van der Waals surface area contributed by atoms with E-state index >= 15 is 0 Å². The molecule has 0 bridgehead atoms. The van der Waals surface area contributed by atoms with Crippen LogP contribution in [0.5, 0.6) is 0 Å². The van der Waals surface area contributed by atoms with E-state index in [0.717, 1.165) is 57.9 Å². The number of alkyl carbamates (subject to hydrolysis) is 1. The molecule has 2 heterocycles. The van der Waals surface area contributed by atoms with Gasteiger partial charge in [-0.05, 0) is 99.2 Å². The third-order valence-electron chi connectivity index (χ3n) is 13.6. The third kappa shape index (κ3) is 4.84. The predicted molar refractivity (Wildman–Crippen MR) is 158 cm³/mol. The average molecular weight is 573 g/mol. The van der Waals surface area contributed by atoms with Gasteiger partial charge in [0.05, 0.1) is 6.10 Å². The van der Waals surface area contributed by atoms with Gasteiger partial charge in [0.2, 0.25) is 0 Å². The molecule has 7 nitrogen and oxygen atoms in total. The summed E-state index contributed by atoms with van der Waals surface area (Å²) in [6.07, 6.45) is 11.7. The number of esters is 1. The lowest BCUT2D eigenvalue weighted by atomic mass is 9.43. The van der Waals surface area contributed by atoms with E-state index in [0.29, 0.717) is 48.0 Å². The smallest absolute Gasteiger partial charge is 0.407 e. The van der Waals surface area contributed by atoms with Crippen LogP contribution in [-0.4, -0.2) is 49.2 Å². The molecular weight excluding hydrogens is 516 g/mol. The van der Waals surface area contributed by atoms with Crippen molar-refractivity contribution in [3.8, 4) is 0 Å². The number of fused-ring (bicyclic) bond motifs is 7. The number of amides is 1. The molecule has 0 radical (unpaired) electrons. The van der Waals surface area contributed by atoms with Crippen molar-refractivity contribution in [2.45, 2.75) is 136 Å². The molecule has 0 aromatic carbocycles. The molecular formula is C34H56N2O5. The van der Waals surface area contributed by atoms with Gasteiger partial charge in [-0.3, -0.25) is 10.1 Å². The van der Waals surface area contributed by atoms with Crippen LogP contribution in [0.25, 0.3) is 0 Å². The zero-order valence-electron chi connectivity index (χ0n) is 26.5. The van der Waals surface area contributed by atoms with Crippen molar-refractivity contribution < 1.29 is 23.8 Å². The molecule has 0 aromatic heterocycles. The van der Waals surface area contributed by atoms with Gasteiger partial charge in [0.15, 0.2) is 0 Å². The number of carbonyl (C=O) groups excluding carboxylic acids is 2. The topological polar surface area (TPSA) is 85.9 Å². The van der Waals surface area contributed by atoms with Gasteiger partial charge >= 0.3 is 12.1 Å². The molecule has 41 heavy (non-hydrogen) atoms. The van der Waals surface area contributed by atoms with Crippen molar-refractivity contribution in [3.05, 3.63) is 0 Å². The van der Waals surface area contributed by atoms with Crippen LogP contribution in [-0.2, 0) is 19.0 Å². The second kappa shape index (κ2) is 11.0. The molecule has 6 aliphatic rings. The summed E-state index contributed by atoms with van der Waals surface area (Å²) < 4.78 is 19.4. The first-order valence-electron chi connectivity index (χ1n) is 17.1. The van der Waals surface area contributed by atoms with Crippen LogP contribution in [0.4, 0.5) is 4.79 Å². The first-order valence-corrected chi connectivity index (χ1v) is 17.1. The Morgan fingerprint density at radius 2 is 1.80 bits per heavy atom. The Balaban J connectivity index is 1.29. The van der Waals surface area contributed by atoms with Crippen molar-refractivity contribution >= 4 is 12.1 Å². The van der Waals surface area contributed by atoms with Crippen molar-refractivity contribution in [2.75, 3.05) is 13.1 Å². The minimum absolute atomic E-state index is 0.0503. The molecule has 13 atom stereocenters. The summed E-state index contributed by atoms with van der Waals surface area (Å²) in [5.74, 6) is 3.49. The van der Waals surface area contributed by atoms with Gasteiger partial charge in [-0.15, -0.1) is 0 Å². The zero-order chi connectivity index (χ0) is 29.2. The van der Waals surface area contributed by atoms with E-state index in [1.165, 1.54) is 26.2 Å². The summed E-state index contributed by atoms with van der Waals surface area (Å²) in [5, 5.41) is 6.93. The van der Waals surface area contributed by atoms with Gasteiger partial charge in [-0.25, -0.2) is 4.79 Å². The normalized spacial score (nSPS) is 50.3. The van der Waals surface area contributed by atoms with Crippen LogP contribution >= 0.6 is 0 Å². The van der Waals surface area contributed by atoms with Gasteiger partial charge in [-0.1, -0.05) is 41.0 Å². The molecule has 1 amide bonds. The standard InChI is InChI=1S/C34H56N2O5/c1-7-8-15-35-31(38)40-29-18-26-25(10-9-23-16-24(39-22(4)37)12-13-32(23,26)5)27-17-28-30(33(27,29)6)21(3)34(41-28)14-11-20(2)19-36-34/h20-21,23-30,36H,7-19H2,1-6H3,(H,35,38)/t20?,21-,23-,24-,25?,26?,27?,28-,29+,30?,32-,33+,34+/m0/s1. The maximum absolute atomic E-state index is 13.3. The van der Waals surface area contributed by atoms with E-state index in [4.69, 9.17) is 14.2 Å². The molecule has 7 heteroatoms. The summed E-state index contributed by atoms with van der Waals surface area (Å²) in [6, 6.07) is 0. The van der Waals surface area contributed by atoms with Gasteiger partial charge in [0.1, 0.15) is 17.9 Å². The lowest BCUT2D eigenvalue weighted by Gasteiger charge is -2.62. The highest BCUT2D eigenvalue weighted by molar-refractivity contribution is 5.67. The van der Waals surface area contributed by atoms with Crippen LogP contribution in [0.2, 0.25) is 0 Å². The van der Waals surface area contributed by atoms with Crippen LogP contribution in [0.1, 0.15) is 112 Å². The predicted octanol–water partition coefficient (Wildman–Crippen LogP) is 6.44. The monoisotopic (exact) mass is 572 g/mol. The summed E-state index contributed by atoms with van der Waals surface area (Å²) in [5.41, 5.74) is -0.146. The Bertz CT molecular complexity index is 996. The second-order valence-corrected chi connectivity index (χ2v) is 15.6. The Kier molecular flexibility index (Phi) is 7.96. The number of rotatable bonds is 5. The highest BCUT2D eigenvalue weighted by Crippen LogP contribution is 2.71. The minimum atomic E-state index is -0.243. The number of carbonyl (C=O) groups is 2. The molecule has 6 fully saturated rings. The quantitative estimate of drug-likeness (QED) is 0.291. The first kappa shape index (κ1) is 29.7. The maximum atomic E-state index is 13.3. The molecule has 0 aromatic rings. The fourth-order valence-electron chi connectivity index (χ4n) is 11.4. The second-order valence-electron chi connectivity index (χ2n) is 15.6. The molecule has 6 rings (SSSR count). The molecule has 4 saturated carbocycles. The summed E-state index contributed by atoms with van der Waals surface area (Å²) >= 11 is 0. The highest BCUT2D eigenvalue weighted by atomic mass is 16.6. The van der Waals surface area contributed by atoms with Crippen LogP contribution < -0.4 is 10.6 Å². The van der Waals surface area contributed by atoms with Gasteiger partial charge < -0.3 is 19.5 Å². The molecule has 2 saturated heterocycles. The Hall–Kier alpha value is -1.34. The third-order valence-corrected chi connectivity index (χ3v) is 13.6. The minimum Gasteiger partial charge on any atom is -0.463 e. The number of ether oxygens (including phenoxy) is 3. The summed E-state index contributed by atoms with van der Waals surface area (Å²) in [7, 11) is 0. The average Bonchev–Trinajstić information content (AvgIpc) is 3.37. The van der Waals surface area contributed by atoms with Gasteiger partial charge in [-0.2, -0.15) is 0 Å². The van der Waals surface area contributed by atoms with Crippen molar-refractivity contribution in [1.29, 1.82) is 0 Å². The number of nitrogens with one attached hydrogen (secondary N) is 2. The fourth-order valence-corrected chi connectivity index (χ4v) is 11.4. The lowest BCUT2D eigenvalue weighted by molar-refractivity contribution is -0.184. The van der Waals surface area contributed by atoms with E-state index in [2.05, 4.69) is 45.3 Å². The van der Waals surface area contributed by atoms with Crippen molar-refractivity contribution in [3.63, 3.8) is 0 Å². The number of unbranched alkanes of at least 4 members (excludes halogenated alkanes) is 1. The molecule has 1 spiro atoms. The SMILES string of the molecule is CCCCNC(=O)O[C@@H]1CC2C(CC[C@H]3C[C@@H](OC(C)=O)CC[C@]23C)C2C[C@@H]3O[C@]4(CCC(C)CN4)[C@@H](C)C3[C@]21C. The van der Waals surface area contributed by atoms with E-state index in [1.54, 1.807) is 0 Å². The van der Waals surface area contributed by atoms with E-state index in [9.17, 15) is 9.59 Å². The molecule has 2 aliphatic heterocycles. The Morgan fingerprint density at radius 1 is 1.00 bits per heavy atom. The van der Waals surface area contributed by atoms with Crippen LogP contribution in [0.3, 0.4) is 0 Å². The van der Waals surface area contributed by atoms with E-state index in [-0.39, 0.29) is 46.9 Å². The Morgan fingerprint density at radius 3 is 2.51 bits per heavy atom. The Labute approximate surface area is 248 Å². The van der Waals surface area contributed by atoms with Crippen LogP contribution in [0, 0.1) is 52.3 Å². The van der Waals surface area contributed by atoms with E-state index in [1.807, 2.05) is 0 Å². The molecule has 2 N–H and O–H groups in total. The molecule has 4 aliphatic carbocycles. The maximum Gasteiger partial charge on any atom is 0.407 e. The number of piperidine rings is 1. The van der Waals surface area contributed by atoms with Crippen LogP contribution in [0.15, 0.2) is 0 Å². The molecule has 232 valence electrons. The van der Waals surface area contributed by atoms with Gasteiger partial charge in [0, 0.05) is 37.3 Å². The number of hydrogen-bond acceptors (Lipinski definition) is 6. The van der Waals surface area contributed by atoms with E-state index < -0.39 is 0 Å². The highest BCUT2D eigenvalue weighted by Gasteiger charge is 2.72. The summed E-state index contributed by atoms with van der Waals surface area (Å²) in [4.78, 5) is 25.0. The zero-order valence-corrected chi connectivity index (χ0v) is 26.5. The summed E-state index contributed by atoms with van der Waals surface area (Å²) in [6.45, 7) is 15.1. The fraction of sp³-hybridized carbons (Fsp3) is 0.941. The van der Waals surface area contributed by atoms with Crippen molar-refractivity contribution in [2.24, 2.45) is 52.3 Å². The lowest BCUT2D eigenvalue weighted by Crippen LogP contribution is -2.61.